The Morgan fingerprint density at radius 3 is 2.81 bits per heavy atom. The van der Waals surface area contributed by atoms with Crippen molar-refractivity contribution in [3.05, 3.63) is 0 Å². The van der Waals surface area contributed by atoms with Crippen LogP contribution in [0.4, 0.5) is 13.2 Å². The highest BCUT2D eigenvalue weighted by Gasteiger charge is 2.38. The molecule has 0 bridgehead atoms. The minimum atomic E-state index is -4.72. The summed E-state index contributed by atoms with van der Waals surface area (Å²) in [5, 5.41) is 13.5. The molecule has 0 aromatic heterocycles. The van der Waals surface area contributed by atoms with Gasteiger partial charge in [0.15, 0.2) is 6.10 Å². The maximum absolute atomic E-state index is 11.9. The molecular weight excluding hydrogens is 229 g/mol. The van der Waals surface area contributed by atoms with E-state index < -0.39 is 30.8 Å². The van der Waals surface area contributed by atoms with E-state index in [9.17, 15) is 18.0 Å². The van der Waals surface area contributed by atoms with E-state index in [0.29, 0.717) is 13.2 Å². The smallest absolute Gasteiger partial charge is 0.382 e. The van der Waals surface area contributed by atoms with Crippen molar-refractivity contribution in [3.8, 4) is 0 Å². The third kappa shape index (κ3) is 3.95. The number of hydrogen-bond acceptors (Lipinski definition) is 4. The number of alkyl halides is 3. The van der Waals surface area contributed by atoms with Crippen LogP contribution in [0.25, 0.3) is 0 Å². The van der Waals surface area contributed by atoms with Crippen LogP contribution in [0.2, 0.25) is 0 Å². The number of aliphatic hydroxyl groups is 1. The largest absolute Gasteiger partial charge is 0.416 e. The summed E-state index contributed by atoms with van der Waals surface area (Å²) in [6.07, 6.45) is -8.07. The molecule has 5 nitrogen and oxygen atoms in total. The zero-order chi connectivity index (χ0) is 12.2. The zero-order valence-corrected chi connectivity index (χ0v) is 8.38. The molecule has 0 radical (unpaired) electrons. The minimum Gasteiger partial charge on any atom is -0.382 e. The summed E-state index contributed by atoms with van der Waals surface area (Å²) in [5.74, 6) is -0.657. The molecule has 0 aromatic carbocycles. The second-order valence-corrected chi connectivity index (χ2v) is 3.37. The van der Waals surface area contributed by atoms with Gasteiger partial charge in [-0.15, -0.1) is 0 Å². The minimum absolute atomic E-state index is 0.258. The molecule has 0 spiro atoms. The number of halogens is 3. The van der Waals surface area contributed by atoms with Gasteiger partial charge in [0.05, 0.1) is 13.2 Å². The fourth-order valence-corrected chi connectivity index (χ4v) is 1.16. The standard InChI is InChI=1S/C8H13F3N2O3/c9-8(10,11)6(14)4-13-7(15)5-3-12-1-2-16-5/h5-6,12,14H,1-4H2,(H,13,15). The van der Waals surface area contributed by atoms with Crippen LogP contribution in [0, 0.1) is 0 Å². The van der Waals surface area contributed by atoms with Crippen molar-refractivity contribution in [1.82, 2.24) is 10.6 Å². The molecule has 94 valence electrons. The molecule has 1 fully saturated rings. The van der Waals surface area contributed by atoms with Crippen molar-refractivity contribution < 1.29 is 27.8 Å². The van der Waals surface area contributed by atoms with Crippen LogP contribution in [0.5, 0.6) is 0 Å². The quantitative estimate of drug-likeness (QED) is 0.594. The Hall–Kier alpha value is -0.860. The molecule has 1 amide bonds. The highest BCUT2D eigenvalue weighted by molar-refractivity contribution is 5.81. The number of ether oxygens (including phenoxy) is 1. The summed E-state index contributed by atoms with van der Waals surface area (Å²) in [7, 11) is 0. The number of aliphatic hydroxyl groups excluding tert-OH is 1. The molecule has 0 aliphatic carbocycles. The predicted molar refractivity (Wildman–Crippen MR) is 47.7 cm³/mol. The van der Waals surface area contributed by atoms with Gasteiger partial charge in [0.1, 0.15) is 6.10 Å². The Bertz CT molecular complexity index is 241. The molecule has 1 heterocycles. The Labute approximate surface area is 90.0 Å². The van der Waals surface area contributed by atoms with Gasteiger partial charge in [0.2, 0.25) is 0 Å². The van der Waals surface area contributed by atoms with Gasteiger partial charge in [-0.25, -0.2) is 0 Å². The van der Waals surface area contributed by atoms with Crippen LogP contribution < -0.4 is 10.6 Å². The van der Waals surface area contributed by atoms with Crippen molar-refractivity contribution in [2.24, 2.45) is 0 Å². The Morgan fingerprint density at radius 1 is 1.62 bits per heavy atom. The molecule has 1 saturated heterocycles. The van der Waals surface area contributed by atoms with Gasteiger partial charge >= 0.3 is 6.18 Å². The van der Waals surface area contributed by atoms with Crippen LogP contribution >= 0.6 is 0 Å². The summed E-state index contributed by atoms with van der Waals surface area (Å²) < 4.78 is 40.7. The van der Waals surface area contributed by atoms with Crippen molar-refractivity contribution in [2.75, 3.05) is 26.2 Å². The van der Waals surface area contributed by atoms with Crippen molar-refractivity contribution in [3.63, 3.8) is 0 Å². The van der Waals surface area contributed by atoms with Crippen molar-refractivity contribution in [2.45, 2.75) is 18.4 Å². The first-order valence-electron chi connectivity index (χ1n) is 4.76. The van der Waals surface area contributed by atoms with Gasteiger partial charge < -0.3 is 20.5 Å². The average molecular weight is 242 g/mol. The molecule has 1 aliphatic heterocycles. The van der Waals surface area contributed by atoms with E-state index >= 15 is 0 Å². The summed E-state index contributed by atoms with van der Waals surface area (Å²) in [6.45, 7) is 0.338. The summed E-state index contributed by atoms with van der Waals surface area (Å²) >= 11 is 0. The SMILES string of the molecule is O=C(NCC(O)C(F)(F)F)C1CNCCO1. The topological polar surface area (TPSA) is 70.6 Å². The Kier molecular flexibility index (Phi) is 4.51. The van der Waals surface area contributed by atoms with Gasteiger partial charge in [0.25, 0.3) is 5.91 Å². The van der Waals surface area contributed by atoms with Crippen LogP contribution in [0.1, 0.15) is 0 Å². The molecule has 2 atom stereocenters. The molecule has 8 heteroatoms. The molecule has 3 N–H and O–H groups in total. The molecule has 1 rings (SSSR count). The van der Waals surface area contributed by atoms with E-state index in [4.69, 9.17) is 9.84 Å². The first-order valence-corrected chi connectivity index (χ1v) is 4.76. The zero-order valence-electron chi connectivity index (χ0n) is 8.38. The summed E-state index contributed by atoms with van der Waals surface area (Å²) in [5.41, 5.74) is 0. The maximum atomic E-state index is 11.9. The number of hydrogen-bond donors (Lipinski definition) is 3. The predicted octanol–water partition coefficient (Wildman–Crippen LogP) is -0.986. The van der Waals surface area contributed by atoms with E-state index in [1.165, 1.54) is 0 Å². The number of rotatable bonds is 3. The van der Waals surface area contributed by atoms with Crippen LogP contribution in [0.3, 0.4) is 0 Å². The highest BCUT2D eigenvalue weighted by Crippen LogP contribution is 2.19. The van der Waals surface area contributed by atoms with Crippen molar-refractivity contribution >= 4 is 5.91 Å². The Morgan fingerprint density at radius 2 is 2.31 bits per heavy atom. The fourth-order valence-electron chi connectivity index (χ4n) is 1.16. The molecule has 0 saturated carbocycles. The first-order chi connectivity index (χ1) is 7.41. The van der Waals surface area contributed by atoms with Crippen LogP contribution in [-0.2, 0) is 9.53 Å². The molecule has 1 aliphatic rings. The van der Waals surface area contributed by atoms with Gasteiger partial charge in [-0.1, -0.05) is 0 Å². The maximum Gasteiger partial charge on any atom is 0.416 e. The summed E-state index contributed by atoms with van der Waals surface area (Å²) in [4.78, 5) is 11.3. The average Bonchev–Trinajstić information content (AvgIpc) is 2.25. The number of amides is 1. The number of carbonyl (C=O) groups is 1. The molecule has 16 heavy (non-hydrogen) atoms. The van der Waals surface area contributed by atoms with E-state index in [1.54, 1.807) is 0 Å². The van der Waals surface area contributed by atoms with E-state index in [1.807, 2.05) is 5.32 Å². The Balaban J connectivity index is 2.29. The lowest BCUT2D eigenvalue weighted by Crippen LogP contribution is -2.50. The molecular formula is C8H13F3N2O3. The van der Waals surface area contributed by atoms with Gasteiger partial charge in [-0.3, -0.25) is 4.79 Å². The summed E-state index contributed by atoms with van der Waals surface area (Å²) in [6, 6.07) is 0. The monoisotopic (exact) mass is 242 g/mol. The molecule has 2 unspecified atom stereocenters. The number of nitrogens with one attached hydrogen (secondary N) is 2. The second-order valence-electron chi connectivity index (χ2n) is 3.37. The normalized spacial score (nSPS) is 23.9. The van der Waals surface area contributed by atoms with E-state index in [-0.39, 0.29) is 6.54 Å². The second kappa shape index (κ2) is 5.46. The first kappa shape index (κ1) is 13.2. The van der Waals surface area contributed by atoms with Gasteiger partial charge in [-0.2, -0.15) is 13.2 Å². The fraction of sp³-hybridized carbons (Fsp3) is 0.875. The third-order valence-electron chi connectivity index (χ3n) is 2.07. The number of morpholine rings is 1. The molecule has 0 aromatic rings. The van der Waals surface area contributed by atoms with E-state index in [2.05, 4.69) is 5.32 Å². The van der Waals surface area contributed by atoms with E-state index in [0.717, 1.165) is 0 Å². The van der Waals surface area contributed by atoms with Gasteiger partial charge in [0, 0.05) is 13.1 Å². The lowest BCUT2D eigenvalue weighted by Gasteiger charge is -2.23. The third-order valence-corrected chi connectivity index (χ3v) is 2.07. The van der Waals surface area contributed by atoms with Crippen LogP contribution in [0.15, 0.2) is 0 Å². The lowest BCUT2D eigenvalue weighted by molar-refractivity contribution is -0.202. The van der Waals surface area contributed by atoms with Crippen molar-refractivity contribution in [1.29, 1.82) is 0 Å². The van der Waals surface area contributed by atoms with Crippen LogP contribution in [-0.4, -0.2) is 55.6 Å². The number of carbonyl (C=O) groups excluding carboxylic acids is 1. The highest BCUT2D eigenvalue weighted by atomic mass is 19.4. The lowest BCUT2D eigenvalue weighted by atomic mass is 10.2. The van der Waals surface area contributed by atoms with Gasteiger partial charge in [-0.05, 0) is 0 Å².